The number of ether oxygens (including phenoxy) is 2. The molecule has 2 heterocycles. The Bertz CT molecular complexity index is 1010. The van der Waals surface area contributed by atoms with Crippen molar-refractivity contribution in [2.24, 2.45) is 0 Å². The number of aryl methyl sites for hydroxylation is 1. The lowest BCUT2D eigenvalue weighted by Gasteiger charge is -2.50. The van der Waals surface area contributed by atoms with Gasteiger partial charge in [0.1, 0.15) is 11.9 Å². The minimum atomic E-state index is -0.425. The van der Waals surface area contributed by atoms with Crippen LogP contribution in [0, 0.1) is 6.92 Å². The lowest BCUT2D eigenvalue weighted by atomic mass is 9.87. The van der Waals surface area contributed by atoms with Crippen LogP contribution in [0.2, 0.25) is 0 Å². The fraction of sp³-hybridized carbons (Fsp3) is 0.500. The van der Waals surface area contributed by atoms with Crippen LogP contribution in [0.5, 0.6) is 5.75 Å². The molecular formula is C28H36N2O4. The summed E-state index contributed by atoms with van der Waals surface area (Å²) in [5, 5.41) is 0. The summed E-state index contributed by atoms with van der Waals surface area (Å²) in [5.41, 5.74) is 2.31. The molecule has 1 atom stereocenters. The second-order valence-electron chi connectivity index (χ2n) is 9.77. The zero-order valence-electron chi connectivity index (χ0n) is 20.8. The van der Waals surface area contributed by atoms with E-state index in [1.165, 1.54) is 0 Å². The van der Waals surface area contributed by atoms with Crippen molar-refractivity contribution in [2.75, 3.05) is 26.2 Å². The fourth-order valence-electron chi connectivity index (χ4n) is 4.99. The van der Waals surface area contributed by atoms with Gasteiger partial charge in [-0.2, -0.15) is 0 Å². The number of rotatable bonds is 5. The molecule has 1 spiro atoms. The average molecular weight is 465 g/mol. The van der Waals surface area contributed by atoms with Crippen LogP contribution < -0.4 is 4.74 Å². The van der Waals surface area contributed by atoms with Gasteiger partial charge < -0.3 is 19.3 Å². The van der Waals surface area contributed by atoms with E-state index in [-0.39, 0.29) is 24.0 Å². The monoisotopic (exact) mass is 464 g/mol. The van der Waals surface area contributed by atoms with E-state index in [0.29, 0.717) is 51.0 Å². The van der Waals surface area contributed by atoms with E-state index >= 15 is 0 Å². The number of benzene rings is 2. The third-order valence-electron chi connectivity index (χ3n) is 6.83. The molecular weight excluding hydrogens is 428 g/mol. The minimum Gasteiger partial charge on any atom is -0.491 e. The van der Waals surface area contributed by atoms with Crippen molar-refractivity contribution >= 4 is 11.8 Å². The van der Waals surface area contributed by atoms with Crippen LogP contribution in [0.25, 0.3) is 0 Å². The van der Waals surface area contributed by atoms with Crippen molar-refractivity contribution in [2.45, 2.75) is 64.8 Å². The Kier molecular flexibility index (Phi) is 7.27. The first-order valence-corrected chi connectivity index (χ1v) is 12.4. The summed E-state index contributed by atoms with van der Waals surface area (Å²) in [6, 6.07) is 15.8. The van der Waals surface area contributed by atoms with Gasteiger partial charge in [0.2, 0.25) is 5.91 Å². The lowest BCUT2D eigenvalue weighted by molar-refractivity contribution is -0.183. The molecule has 2 aromatic carbocycles. The molecule has 0 N–H and O–H groups in total. The van der Waals surface area contributed by atoms with Gasteiger partial charge in [0.25, 0.3) is 5.91 Å². The number of likely N-dealkylation sites (tertiary alicyclic amines) is 1. The van der Waals surface area contributed by atoms with Crippen molar-refractivity contribution in [3.8, 4) is 5.75 Å². The first kappa shape index (κ1) is 24.3. The van der Waals surface area contributed by atoms with Crippen molar-refractivity contribution in [1.82, 2.24) is 9.80 Å². The van der Waals surface area contributed by atoms with E-state index in [1.54, 1.807) is 0 Å². The fourth-order valence-corrected chi connectivity index (χ4v) is 4.99. The van der Waals surface area contributed by atoms with E-state index in [2.05, 4.69) is 12.1 Å². The van der Waals surface area contributed by atoms with Gasteiger partial charge in [0.05, 0.1) is 18.2 Å². The highest BCUT2D eigenvalue weighted by Crippen LogP contribution is 2.38. The summed E-state index contributed by atoms with van der Waals surface area (Å²) in [7, 11) is 0. The number of nitrogens with zero attached hydrogens (tertiary/aromatic N) is 2. The third kappa shape index (κ3) is 5.27. The molecule has 6 nitrogen and oxygen atoms in total. The van der Waals surface area contributed by atoms with Crippen LogP contribution in [-0.2, 0) is 9.53 Å². The molecule has 0 aromatic heterocycles. The zero-order valence-corrected chi connectivity index (χ0v) is 20.8. The van der Waals surface area contributed by atoms with Gasteiger partial charge in [0.15, 0.2) is 0 Å². The summed E-state index contributed by atoms with van der Waals surface area (Å²) in [6.45, 7) is 10.2. The highest BCUT2D eigenvalue weighted by atomic mass is 16.5. The van der Waals surface area contributed by atoms with Crippen molar-refractivity contribution in [3.05, 3.63) is 65.2 Å². The van der Waals surface area contributed by atoms with Crippen LogP contribution in [0.15, 0.2) is 48.5 Å². The Morgan fingerprint density at radius 2 is 1.79 bits per heavy atom. The molecule has 2 aromatic rings. The van der Waals surface area contributed by atoms with Crippen molar-refractivity contribution in [1.29, 1.82) is 0 Å². The maximum atomic E-state index is 13.2. The predicted molar refractivity (Wildman–Crippen MR) is 132 cm³/mol. The van der Waals surface area contributed by atoms with Crippen LogP contribution in [0.4, 0.5) is 0 Å². The topological polar surface area (TPSA) is 59.1 Å². The van der Waals surface area contributed by atoms with Crippen LogP contribution in [0.3, 0.4) is 0 Å². The van der Waals surface area contributed by atoms with Gasteiger partial charge in [-0.05, 0) is 62.9 Å². The Morgan fingerprint density at radius 1 is 1.09 bits per heavy atom. The molecule has 0 saturated carbocycles. The van der Waals surface area contributed by atoms with E-state index in [1.807, 2.05) is 73.9 Å². The second-order valence-corrected chi connectivity index (χ2v) is 9.77. The minimum absolute atomic E-state index is 0.0333. The molecule has 182 valence electrons. The quantitative estimate of drug-likeness (QED) is 0.640. The number of amides is 2. The molecule has 1 unspecified atom stereocenters. The van der Waals surface area contributed by atoms with E-state index < -0.39 is 5.60 Å². The normalized spacial score (nSPS) is 20.0. The molecule has 2 aliphatic rings. The maximum Gasteiger partial charge on any atom is 0.253 e. The van der Waals surface area contributed by atoms with E-state index in [4.69, 9.17) is 9.47 Å². The standard InChI is InChI=1S/C28H36N2O4/c1-5-26(31)30-18-25(22-9-7-6-8-10-22)34-28(19-30)13-15-29(16-14-28)27(32)23-11-12-24(21(4)17-23)33-20(2)3/h6-12,17,20,25H,5,13-16,18-19H2,1-4H3. The molecule has 34 heavy (non-hydrogen) atoms. The molecule has 0 radical (unpaired) electrons. The number of hydrogen-bond donors (Lipinski definition) is 0. The molecule has 4 rings (SSSR count). The average Bonchev–Trinajstić information content (AvgIpc) is 2.85. The Hall–Kier alpha value is -2.86. The number of hydrogen-bond acceptors (Lipinski definition) is 4. The van der Waals surface area contributed by atoms with Gasteiger partial charge in [-0.3, -0.25) is 9.59 Å². The summed E-state index contributed by atoms with van der Waals surface area (Å²) < 4.78 is 12.5. The zero-order chi connectivity index (χ0) is 24.3. The molecule has 0 bridgehead atoms. The van der Waals surface area contributed by atoms with Gasteiger partial charge in [-0.25, -0.2) is 0 Å². The third-order valence-corrected chi connectivity index (χ3v) is 6.83. The lowest BCUT2D eigenvalue weighted by Crippen LogP contribution is -2.59. The van der Waals surface area contributed by atoms with Crippen LogP contribution >= 0.6 is 0 Å². The van der Waals surface area contributed by atoms with E-state index in [9.17, 15) is 9.59 Å². The number of carbonyl (C=O) groups is 2. The SMILES string of the molecule is CCC(=O)N1CC(c2ccccc2)OC2(CCN(C(=O)c3ccc(OC(C)C)c(C)c3)CC2)C1. The van der Waals surface area contributed by atoms with Gasteiger partial charge in [-0.1, -0.05) is 37.3 Å². The summed E-state index contributed by atoms with van der Waals surface area (Å²) >= 11 is 0. The predicted octanol–water partition coefficient (Wildman–Crippen LogP) is 4.77. The maximum absolute atomic E-state index is 13.2. The number of carbonyl (C=O) groups excluding carboxylic acids is 2. The van der Waals surface area contributed by atoms with Crippen LogP contribution in [0.1, 0.15) is 67.6 Å². The number of piperidine rings is 1. The molecule has 2 amide bonds. The molecule has 0 aliphatic carbocycles. The van der Waals surface area contributed by atoms with Gasteiger partial charge in [-0.15, -0.1) is 0 Å². The molecule has 2 aliphatic heterocycles. The smallest absolute Gasteiger partial charge is 0.253 e. The summed E-state index contributed by atoms with van der Waals surface area (Å²) in [4.78, 5) is 29.8. The molecule has 2 fully saturated rings. The highest BCUT2D eigenvalue weighted by molar-refractivity contribution is 5.94. The highest BCUT2D eigenvalue weighted by Gasteiger charge is 2.45. The number of morpholine rings is 1. The molecule has 2 saturated heterocycles. The Labute approximate surface area is 202 Å². The summed E-state index contributed by atoms with van der Waals surface area (Å²) in [6.07, 6.45) is 1.85. The van der Waals surface area contributed by atoms with Crippen molar-refractivity contribution in [3.63, 3.8) is 0 Å². The first-order chi connectivity index (χ1) is 16.3. The van der Waals surface area contributed by atoms with Gasteiger partial charge in [0, 0.05) is 31.6 Å². The first-order valence-electron chi connectivity index (χ1n) is 12.4. The Balaban J connectivity index is 1.47. The second kappa shape index (κ2) is 10.2. The van der Waals surface area contributed by atoms with E-state index in [0.717, 1.165) is 16.9 Å². The summed E-state index contributed by atoms with van der Waals surface area (Å²) in [5.74, 6) is 1.000. The molecule has 6 heteroatoms. The Morgan fingerprint density at radius 3 is 2.41 bits per heavy atom. The largest absolute Gasteiger partial charge is 0.491 e. The van der Waals surface area contributed by atoms with Gasteiger partial charge >= 0.3 is 0 Å². The van der Waals surface area contributed by atoms with Crippen LogP contribution in [-0.4, -0.2) is 59.5 Å². The van der Waals surface area contributed by atoms with Crippen molar-refractivity contribution < 1.29 is 19.1 Å².